The zero-order chi connectivity index (χ0) is 21.6. The van der Waals surface area contributed by atoms with Gasteiger partial charge in [0.25, 0.3) is 0 Å². The summed E-state index contributed by atoms with van der Waals surface area (Å²) in [7, 11) is 2.08. The van der Waals surface area contributed by atoms with Crippen LogP contribution in [0.1, 0.15) is 5.56 Å². The number of anilines is 1. The molecule has 1 aliphatic rings. The van der Waals surface area contributed by atoms with Gasteiger partial charge in [0.1, 0.15) is 0 Å². The van der Waals surface area contributed by atoms with Crippen LogP contribution in [0.2, 0.25) is 0 Å². The molecule has 0 aliphatic carbocycles. The Morgan fingerprint density at radius 3 is 2.35 bits per heavy atom. The summed E-state index contributed by atoms with van der Waals surface area (Å²) < 4.78 is 44.7. The minimum absolute atomic E-state index is 0.253. The number of pyridine rings is 1. The molecule has 9 heteroatoms. The lowest BCUT2D eigenvalue weighted by Gasteiger charge is -2.32. The number of hydrogen-bond donors (Lipinski definition) is 1. The fraction of sp³-hybridized carbons (Fsp3) is 0.273. The number of hydrazine groups is 1. The Kier molecular flexibility index (Phi) is 4.79. The highest BCUT2D eigenvalue weighted by Gasteiger charge is 2.30. The Labute approximate surface area is 176 Å². The molecule has 3 heterocycles. The lowest BCUT2D eigenvalue weighted by molar-refractivity contribution is -0.137. The number of likely N-dealkylation sites (N-methyl/N-ethyl adjacent to an activating group) is 1. The molecule has 0 radical (unpaired) electrons. The third kappa shape index (κ3) is 3.82. The maximum absolute atomic E-state index is 12.9. The molecule has 160 valence electrons. The predicted octanol–water partition coefficient (Wildman–Crippen LogP) is 4.64. The quantitative estimate of drug-likeness (QED) is 0.514. The summed E-state index contributed by atoms with van der Waals surface area (Å²) in [5, 5.41) is 2.88. The number of halogens is 3. The van der Waals surface area contributed by atoms with Crippen LogP contribution in [0.4, 0.5) is 19.0 Å². The van der Waals surface area contributed by atoms with Gasteiger partial charge in [-0.15, -0.1) is 0 Å². The van der Waals surface area contributed by atoms with E-state index in [4.69, 9.17) is 9.40 Å². The van der Waals surface area contributed by atoms with Crippen LogP contribution in [-0.2, 0) is 6.18 Å². The minimum Gasteiger partial charge on any atom is -0.435 e. The minimum atomic E-state index is -4.39. The monoisotopic (exact) mass is 427 g/mol. The molecule has 0 saturated carbocycles. The molecule has 1 aliphatic heterocycles. The standard InChI is InChI=1S/C22H20F3N5O/c1-29-10-12-30(13-11-29)28-20-18-19(16-4-2-3-5-17(16)26-20)31-21(27-18)14-6-8-15(9-7-14)22(23,24)25/h2-9H,10-13H2,1H3,(H,26,28). The van der Waals surface area contributed by atoms with Crippen molar-refractivity contribution >= 4 is 27.8 Å². The summed E-state index contributed by atoms with van der Waals surface area (Å²) in [6, 6.07) is 12.4. The molecule has 0 amide bonds. The fourth-order valence-electron chi connectivity index (χ4n) is 3.67. The first-order chi connectivity index (χ1) is 14.9. The van der Waals surface area contributed by atoms with E-state index in [9.17, 15) is 13.2 Å². The number of aromatic nitrogens is 2. The molecule has 0 unspecified atom stereocenters. The van der Waals surface area contributed by atoms with Crippen LogP contribution in [0.5, 0.6) is 0 Å². The van der Waals surface area contributed by atoms with E-state index in [0.29, 0.717) is 22.5 Å². The number of piperazine rings is 1. The van der Waals surface area contributed by atoms with E-state index in [-0.39, 0.29) is 5.89 Å². The van der Waals surface area contributed by atoms with Gasteiger partial charge in [-0.2, -0.15) is 13.2 Å². The second kappa shape index (κ2) is 7.51. The molecule has 4 aromatic rings. The van der Waals surface area contributed by atoms with Crippen molar-refractivity contribution in [2.75, 3.05) is 38.7 Å². The van der Waals surface area contributed by atoms with E-state index in [1.54, 1.807) is 0 Å². The molecule has 0 atom stereocenters. The molecule has 1 fully saturated rings. The van der Waals surface area contributed by atoms with Crippen LogP contribution in [0.25, 0.3) is 33.5 Å². The van der Waals surface area contributed by atoms with Crippen molar-refractivity contribution < 1.29 is 17.6 Å². The Morgan fingerprint density at radius 1 is 0.935 bits per heavy atom. The van der Waals surface area contributed by atoms with Gasteiger partial charge in [-0.3, -0.25) is 0 Å². The summed E-state index contributed by atoms with van der Waals surface area (Å²) in [4.78, 5) is 11.6. The molecule has 1 N–H and O–H groups in total. The maximum atomic E-state index is 12.9. The summed E-state index contributed by atoms with van der Waals surface area (Å²) in [6.45, 7) is 3.52. The summed E-state index contributed by atoms with van der Waals surface area (Å²) >= 11 is 0. The number of fused-ring (bicyclic) bond motifs is 3. The van der Waals surface area contributed by atoms with Gasteiger partial charge in [0.2, 0.25) is 5.89 Å². The van der Waals surface area contributed by atoms with E-state index in [0.717, 1.165) is 49.2 Å². The van der Waals surface area contributed by atoms with Gasteiger partial charge in [0, 0.05) is 37.1 Å². The number of oxazole rings is 1. The molecule has 1 saturated heterocycles. The van der Waals surface area contributed by atoms with Crippen molar-refractivity contribution in [3.63, 3.8) is 0 Å². The zero-order valence-electron chi connectivity index (χ0n) is 16.8. The summed E-state index contributed by atoms with van der Waals surface area (Å²) in [5.74, 6) is 0.823. The number of hydrogen-bond acceptors (Lipinski definition) is 6. The first-order valence-corrected chi connectivity index (χ1v) is 9.95. The molecule has 5 rings (SSSR count). The number of nitrogens with one attached hydrogen (secondary N) is 1. The lowest BCUT2D eigenvalue weighted by Crippen LogP contribution is -2.47. The van der Waals surface area contributed by atoms with E-state index < -0.39 is 11.7 Å². The van der Waals surface area contributed by atoms with Gasteiger partial charge in [-0.25, -0.2) is 15.0 Å². The summed E-state index contributed by atoms with van der Waals surface area (Å²) in [5.41, 5.74) is 4.97. The van der Waals surface area contributed by atoms with Crippen LogP contribution in [-0.4, -0.2) is 53.1 Å². The van der Waals surface area contributed by atoms with Crippen molar-refractivity contribution in [1.29, 1.82) is 0 Å². The molecule has 0 spiro atoms. The van der Waals surface area contributed by atoms with E-state index in [2.05, 4.69) is 27.4 Å². The first-order valence-electron chi connectivity index (χ1n) is 9.95. The Bertz CT molecular complexity index is 1230. The molecule has 2 aromatic carbocycles. The lowest BCUT2D eigenvalue weighted by atomic mass is 10.1. The number of para-hydroxylation sites is 1. The van der Waals surface area contributed by atoms with Gasteiger partial charge in [-0.05, 0) is 43.4 Å². The normalized spacial score (nSPS) is 16.3. The molecular formula is C22H20F3N5O. The number of rotatable bonds is 3. The van der Waals surface area contributed by atoms with Crippen LogP contribution >= 0.6 is 0 Å². The SMILES string of the molecule is CN1CCN(Nc2nc3ccccc3c3oc(-c4ccc(C(F)(F)F)cc4)nc23)CC1. The van der Waals surface area contributed by atoms with Gasteiger partial charge >= 0.3 is 6.18 Å². The molecule has 0 bridgehead atoms. The number of alkyl halides is 3. The van der Waals surface area contributed by atoms with Crippen LogP contribution in [0.3, 0.4) is 0 Å². The average molecular weight is 427 g/mol. The van der Waals surface area contributed by atoms with E-state index in [1.165, 1.54) is 12.1 Å². The Balaban J connectivity index is 1.58. The van der Waals surface area contributed by atoms with E-state index in [1.807, 2.05) is 24.3 Å². The number of benzene rings is 2. The molecule has 2 aromatic heterocycles. The van der Waals surface area contributed by atoms with E-state index >= 15 is 0 Å². The summed E-state index contributed by atoms with van der Waals surface area (Å²) in [6.07, 6.45) is -4.39. The highest BCUT2D eigenvalue weighted by Crippen LogP contribution is 2.35. The van der Waals surface area contributed by atoms with Gasteiger partial charge in [0.15, 0.2) is 16.9 Å². The second-order valence-corrected chi connectivity index (χ2v) is 7.65. The fourth-order valence-corrected chi connectivity index (χ4v) is 3.67. The highest BCUT2D eigenvalue weighted by atomic mass is 19.4. The Hall–Kier alpha value is -3.17. The van der Waals surface area contributed by atoms with Crippen molar-refractivity contribution in [1.82, 2.24) is 19.9 Å². The van der Waals surface area contributed by atoms with Crippen molar-refractivity contribution in [3.05, 3.63) is 54.1 Å². The zero-order valence-corrected chi connectivity index (χ0v) is 16.8. The van der Waals surface area contributed by atoms with Crippen LogP contribution < -0.4 is 5.43 Å². The number of nitrogens with zero attached hydrogens (tertiary/aromatic N) is 4. The van der Waals surface area contributed by atoms with Crippen LogP contribution in [0.15, 0.2) is 52.9 Å². The van der Waals surface area contributed by atoms with Crippen molar-refractivity contribution in [2.24, 2.45) is 0 Å². The predicted molar refractivity (Wildman–Crippen MR) is 112 cm³/mol. The van der Waals surface area contributed by atoms with Gasteiger partial charge in [-0.1, -0.05) is 12.1 Å². The van der Waals surface area contributed by atoms with Crippen molar-refractivity contribution in [2.45, 2.75) is 6.18 Å². The first kappa shape index (κ1) is 19.8. The van der Waals surface area contributed by atoms with Gasteiger partial charge in [0.05, 0.1) is 11.1 Å². The molecular weight excluding hydrogens is 407 g/mol. The third-order valence-corrected chi connectivity index (χ3v) is 5.46. The molecule has 6 nitrogen and oxygen atoms in total. The smallest absolute Gasteiger partial charge is 0.416 e. The third-order valence-electron chi connectivity index (χ3n) is 5.46. The largest absolute Gasteiger partial charge is 0.435 e. The second-order valence-electron chi connectivity index (χ2n) is 7.65. The Morgan fingerprint density at radius 2 is 1.65 bits per heavy atom. The topological polar surface area (TPSA) is 57.4 Å². The van der Waals surface area contributed by atoms with Crippen molar-refractivity contribution in [3.8, 4) is 11.5 Å². The highest BCUT2D eigenvalue weighted by molar-refractivity contribution is 6.05. The van der Waals surface area contributed by atoms with Gasteiger partial charge < -0.3 is 14.7 Å². The average Bonchev–Trinajstić information content (AvgIpc) is 3.21. The van der Waals surface area contributed by atoms with Crippen LogP contribution in [0, 0.1) is 0 Å². The maximum Gasteiger partial charge on any atom is 0.416 e. The molecule has 31 heavy (non-hydrogen) atoms.